The van der Waals surface area contributed by atoms with Crippen LogP contribution in [0.15, 0.2) is 28.8 Å². The third kappa shape index (κ3) is 5.37. The maximum atomic E-state index is 12.7. The summed E-state index contributed by atoms with van der Waals surface area (Å²) in [7, 11) is 0. The Bertz CT molecular complexity index is 813. The van der Waals surface area contributed by atoms with Gasteiger partial charge in [-0.1, -0.05) is 30.1 Å². The van der Waals surface area contributed by atoms with E-state index in [-0.39, 0.29) is 5.92 Å². The summed E-state index contributed by atoms with van der Waals surface area (Å²) >= 11 is 0. The molecule has 1 saturated heterocycles. The number of hydrogen-bond donors (Lipinski definition) is 0. The van der Waals surface area contributed by atoms with Crippen molar-refractivity contribution in [3.05, 3.63) is 41.5 Å². The zero-order valence-corrected chi connectivity index (χ0v) is 17.3. The molecule has 156 valence electrons. The predicted molar refractivity (Wildman–Crippen MR) is 110 cm³/mol. The zero-order valence-electron chi connectivity index (χ0n) is 17.3. The van der Waals surface area contributed by atoms with E-state index in [4.69, 9.17) is 9.26 Å². The van der Waals surface area contributed by atoms with Crippen molar-refractivity contribution in [2.45, 2.75) is 64.2 Å². The number of amides is 1. The molecule has 1 aromatic carbocycles. The minimum atomic E-state index is 0.148. The van der Waals surface area contributed by atoms with Crippen molar-refractivity contribution >= 4 is 5.91 Å². The number of carbonyl (C=O) groups excluding carboxylic acids is 1. The van der Waals surface area contributed by atoms with Crippen molar-refractivity contribution in [3.63, 3.8) is 0 Å². The number of hydrogen-bond acceptors (Lipinski definition) is 5. The van der Waals surface area contributed by atoms with Gasteiger partial charge in [-0.3, -0.25) is 4.79 Å². The minimum Gasteiger partial charge on any atom is -0.493 e. The van der Waals surface area contributed by atoms with Crippen LogP contribution in [0.5, 0.6) is 5.75 Å². The van der Waals surface area contributed by atoms with Gasteiger partial charge in [-0.25, -0.2) is 0 Å². The summed E-state index contributed by atoms with van der Waals surface area (Å²) in [5.74, 6) is 3.22. The minimum absolute atomic E-state index is 0.148. The number of aromatic nitrogens is 2. The first-order valence-electron chi connectivity index (χ1n) is 11.0. The Morgan fingerprint density at radius 1 is 1.24 bits per heavy atom. The summed E-state index contributed by atoms with van der Waals surface area (Å²) in [6.45, 7) is 4.11. The highest BCUT2D eigenvalue weighted by Gasteiger charge is 2.30. The van der Waals surface area contributed by atoms with E-state index in [9.17, 15) is 4.79 Å². The van der Waals surface area contributed by atoms with E-state index in [1.54, 1.807) is 0 Å². The van der Waals surface area contributed by atoms with Crippen LogP contribution in [0.1, 0.15) is 68.1 Å². The van der Waals surface area contributed by atoms with Crippen molar-refractivity contribution in [3.8, 4) is 5.75 Å². The third-order valence-electron chi connectivity index (χ3n) is 6.13. The number of nitrogens with zero attached hydrogens (tertiary/aromatic N) is 3. The molecule has 1 aliphatic heterocycles. The first-order chi connectivity index (χ1) is 14.2. The summed E-state index contributed by atoms with van der Waals surface area (Å²) in [5, 5.41) is 4.12. The molecule has 1 saturated carbocycles. The highest BCUT2D eigenvalue weighted by Crippen LogP contribution is 2.30. The van der Waals surface area contributed by atoms with Gasteiger partial charge in [0, 0.05) is 25.9 Å². The Labute approximate surface area is 172 Å². The van der Waals surface area contributed by atoms with Gasteiger partial charge < -0.3 is 14.2 Å². The fraction of sp³-hybridized carbons (Fsp3) is 0.609. The molecule has 0 bridgehead atoms. The Morgan fingerprint density at radius 2 is 2.10 bits per heavy atom. The van der Waals surface area contributed by atoms with Gasteiger partial charge in [0.05, 0.1) is 12.5 Å². The van der Waals surface area contributed by atoms with E-state index in [2.05, 4.69) is 10.1 Å². The molecular formula is C23H31N3O3. The molecule has 1 aliphatic carbocycles. The van der Waals surface area contributed by atoms with E-state index < -0.39 is 0 Å². The van der Waals surface area contributed by atoms with E-state index in [0.717, 1.165) is 25.1 Å². The van der Waals surface area contributed by atoms with Crippen LogP contribution in [0.4, 0.5) is 0 Å². The van der Waals surface area contributed by atoms with E-state index in [0.29, 0.717) is 49.5 Å². The van der Waals surface area contributed by atoms with Gasteiger partial charge in [0.25, 0.3) is 0 Å². The molecule has 4 rings (SSSR count). The molecule has 6 heteroatoms. The van der Waals surface area contributed by atoms with Crippen LogP contribution in [0.25, 0.3) is 0 Å². The molecule has 0 radical (unpaired) electrons. The molecule has 2 aliphatic rings. The number of piperidine rings is 1. The fourth-order valence-electron chi connectivity index (χ4n) is 4.50. The lowest BCUT2D eigenvalue weighted by Crippen LogP contribution is -2.39. The normalized spacial score (nSPS) is 20.2. The van der Waals surface area contributed by atoms with E-state index in [1.807, 2.05) is 36.1 Å². The smallest absolute Gasteiger partial charge is 0.231 e. The molecule has 0 N–H and O–H groups in total. The molecule has 1 aromatic heterocycles. The van der Waals surface area contributed by atoms with Gasteiger partial charge in [-0.2, -0.15) is 4.98 Å². The zero-order chi connectivity index (χ0) is 20.1. The number of aryl methyl sites for hydroxylation is 1. The maximum Gasteiger partial charge on any atom is 0.231 e. The van der Waals surface area contributed by atoms with Gasteiger partial charge >= 0.3 is 0 Å². The Kier molecular flexibility index (Phi) is 6.47. The number of ether oxygens (including phenoxy) is 1. The lowest BCUT2D eigenvalue weighted by molar-refractivity contribution is -0.133. The van der Waals surface area contributed by atoms with Crippen LogP contribution >= 0.6 is 0 Å². The number of rotatable bonds is 7. The molecule has 2 aromatic rings. The average molecular weight is 398 g/mol. The van der Waals surface area contributed by atoms with Crippen LogP contribution in [0.2, 0.25) is 0 Å². The van der Waals surface area contributed by atoms with Crippen molar-refractivity contribution in [2.75, 3.05) is 19.7 Å². The van der Waals surface area contributed by atoms with Crippen LogP contribution in [0.3, 0.4) is 0 Å². The van der Waals surface area contributed by atoms with E-state index >= 15 is 0 Å². The van der Waals surface area contributed by atoms with Crippen molar-refractivity contribution in [1.82, 2.24) is 15.0 Å². The van der Waals surface area contributed by atoms with Crippen LogP contribution in [-0.2, 0) is 11.2 Å². The summed E-state index contributed by atoms with van der Waals surface area (Å²) in [4.78, 5) is 19.3. The highest BCUT2D eigenvalue weighted by atomic mass is 16.5. The van der Waals surface area contributed by atoms with Gasteiger partial charge in [0.1, 0.15) is 5.75 Å². The largest absolute Gasteiger partial charge is 0.493 e. The second kappa shape index (κ2) is 9.42. The Morgan fingerprint density at radius 3 is 2.93 bits per heavy atom. The summed E-state index contributed by atoms with van der Waals surface area (Å²) < 4.78 is 11.3. The van der Waals surface area contributed by atoms with Crippen LogP contribution in [0, 0.1) is 12.8 Å². The molecular weight excluding hydrogens is 366 g/mol. The first kappa shape index (κ1) is 19.9. The van der Waals surface area contributed by atoms with Crippen molar-refractivity contribution in [1.29, 1.82) is 0 Å². The summed E-state index contributed by atoms with van der Waals surface area (Å²) in [6.07, 6.45) is 8.27. The van der Waals surface area contributed by atoms with E-state index in [1.165, 1.54) is 31.2 Å². The van der Waals surface area contributed by atoms with Gasteiger partial charge in [-0.05, 0) is 56.2 Å². The SMILES string of the molecule is Cc1cccc(OCCc2noc(C3CCCN(C(=O)CC4CCCC4)C3)n2)c1. The summed E-state index contributed by atoms with van der Waals surface area (Å²) in [5.41, 5.74) is 1.17. The topological polar surface area (TPSA) is 68.5 Å². The standard InChI is InChI=1S/C23H31N3O3/c1-17-6-4-10-20(14-17)28-13-11-21-24-23(29-25-21)19-9-5-12-26(16-19)22(27)15-18-7-2-3-8-18/h4,6,10,14,18-19H,2-3,5,7-9,11-13,15-16H2,1H3. The number of benzene rings is 1. The molecule has 1 amide bonds. The molecule has 1 unspecified atom stereocenters. The fourth-order valence-corrected chi connectivity index (χ4v) is 4.50. The van der Waals surface area contributed by atoms with Crippen LogP contribution in [-0.4, -0.2) is 40.6 Å². The number of carbonyl (C=O) groups is 1. The first-order valence-corrected chi connectivity index (χ1v) is 11.0. The Hall–Kier alpha value is -2.37. The second-order valence-electron chi connectivity index (χ2n) is 8.50. The third-order valence-corrected chi connectivity index (χ3v) is 6.13. The quantitative estimate of drug-likeness (QED) is 0.697. The lowest BCUT2D eigenvalue weighted by atomic mass is 9.96. The molecule has 2 heterocycles. The molecule has 29 heavy (non-hydrogen) atoms. The highest BCUT2D eigenvalue weighted by molar-refractivity contribution is 5.76. The molecule has 1 atom stereocenters. The van der Waals surface area contributed by atoms with Crippen LogP contribution < -0.4 is 4.74 Å². The van der Waals surface area contributed by atoms with Gasteiger partial charge in [0.15, 0.2) is 5.82 Å². The predicted octanol–water partition coefficient (Wildman–Crippen LogP) is 4.29. The lowest BCUT2D eigenvalue weighted by Gasteiger charge is -2.31. The monoisotopic (exact) mass is 397 g/mol. The van der Waals surface area contributed by atoms with Crippen molar-refractivity contribution < 1.29 is 14.1 Å². The van der Waals surface area contributed by atoms with Gasteiger partial charge in [0.2, 0.25) is 11.8 Å². The Balaban J connectivity index is 1.27. The van der Waals surface area contributed by atoms with Gasteiger partial charge in [-0.15, -0.1) is 0 Å². The average Bonchev–Trinajstić information content (AvgIpc) is 3.40. The van der Waals surface area contributed by atoms with Crippen molar-refractivity contribution in [2.24, 2.45) is 5.92 Å². The molecule has 0 spiro atoms. The second-order valence-corrected chi connectivity index (χ2v) is 8.50. The summed E-state index contributed by atoms with van der Waals surface area (Å²) in [6, 6.07) is 8.00. The number of likely N-dealkylation sites (tertiary alicyclic amines) is 1. The molecule has 6 nitrogen and oxygen atoms in total. The maximum absolute atomic E-state index is 12.7. The molecule has 2 fully saturated rings.